The van der Waals surface area contributed by atoms with Crippen LogP contribution in [0, 0.1) is 0 Å². The smallest absolute Gasteiger partial charge is 0.0360 e. The standard InChI is InChI=1S/C8H11N.C3H6.C2H4/c1-9(2)8-6-4-3-5-7-8;1-3-2;1-2/h3-7H,1-2H3;3H,1H2,2H3;1-2H2. The van der Waals surface area contributed by atoms with E-state index < -0.39 is 0 Å². The molecule has 1 aromatic carbocycles. The van der Waals surface area contributed by atoms with Crippen molar-refractivity contribution >= 4 is 5.69 Å². The molecule has 0 bridgehead atoms. The fourth-order valence-corrected chi connectivity index (χ4v) is 0.726. The maximum Gasteiger partial charge on any atom is 0.0360 e. The quantitative estimate of drug-likeness (QED) is 0.611. The Morgan fingerprint density at radius 1 is 1.07 bits per heavy atom. The molecule has 0 amide bonds. The molecular formula is C13H21N. The Labute approximate surface area is 88.4 Å². The summed E-state index contributed by atoms with van der Waals surface area (Å²) in [5, 5.41) is 0. The van der Waals surface area contributed by atoms with Crippen LogP contribution in [0.2, 0.25) is 0 Å². The summed E-state index contributed by atoms with van der Waals surface area (Å²) in [7, 11) is 4.07. The van der Waals surface area contributed by atoms with Gasteiger partial charge < -0.3 is 4.90 Å². The minimum atomic E-state index is 1.25. The third kappa shape index (κ3) is 8.60. The second-order valence-corrected chi connectivity index (χ2v) is 2.64. The van der Waals surface area contributed by atoms with Crippen LogP contribution in [0.15, 0.2) is 56.1 Å². The molecule has 0 unspecified atom stereocenters. The monoisotopic (exact) mass is 191 g/mol. The van der Waals surface area contributed by atoms with Gasteiger partial charge in [-0.1, -0.05) is 24.3 Å². The lowest BCUT2D eigenvalue weighted by Gasteiger charge is -2.10. The molecule has 1 rings (SSSR count). The van der Waals surface area contributed by atoms with Crippen LogP contribution in [-0.2, 0) is 0 Å². The first-order valence-electron chi connectivity index (χ1n) is 4.51. The fourth-order valence-electron chi connectivity index (χ4n) is 0.726. The van der Waals surface area contributed by atoms with Gasteiger partial charge >= 0.3 is 0 Å². The Balaban J connectivity index is 0. The van der Waals surface area contributed by atoms with Crippen molar-refractivity contribution in [1.82, 2.24) is 0 Å². The van der Waals surface area contributed by atoms with Crippen LogP contribution in [0.1, 0.15) is 6.92 Å². The summed E-state index contributed by atoms with van der Waals surface area (Å²) in [5.41, 5.74) is 1.25. The third-order valence-corrected chi connectivity index (χ3v) is 1.27. The highest BCUT2D eigenvalue weighted by atomic mass is 15.1. The molecule has 1 aromatic rings. The van der Waals surface area contributed by atoms with Gasteiger partial charge in [0, 0.05) is 19.8 Å². The lowest BCUT2D eigenvalue weighted by molar-refractivity contribution is 1.13. The summed E-state index contributed by atoms with van der Waals surface area (Å²) in [6.07, 6.45) is 1.75. The van der Waals surface area contributed by atoms with Gasteiger partial charge in [0.15, 0.2) is 0 Å². The number of allylic oxidation sites excluding steroid dienone is 1. The predicted octanol–water partition coefficient (Wildman–Crippen LogP) is 3.75. The Hall–Kier alpha value is -1.50. The Morgan fingerprint density at radius 2 is 1.43 bits per heavy atom. The van der Waals surface area contributed by atoms with E-state index in [0.717, 1.165) is 0 Å². The molecule has 0 aliphatic carbocycles. The van der Waals surface area contributed by atoms with Gasteiger partial charge in [-0.15, -0.1) is 19.7 Å². The van der Waals surface area contributed by atoms with Gasteiger partial charge in [-0.25, -0.2) is 0 Å². The van der Waals surface area contributed by atoms with Crippen molar-refractivity contribution in [3.63, 3.8) is 0 Å². The average Bonchev–Trinajstić information content (AvgIpc) is 2.23. The lowest BCUT2D eigenvalue weighted by Crippen LogP contribution is -2.07. The van der Waals surface area contributed by atoms with Crippen LogP contribution in [0.5, 0.6) is 0 Å². The van der Waals surface area contributed by atoms with Crippen molar-refractivity contribution in [2.75, 3.05) is 19.0 Å². The van der Waals surface area contributed by atoms with Crippen molar-refractivity contribution in [3.8, 4) is 0 Å². The minimum Gasteiger partial charge on any atom is -0.378 e. The van der Waals surface area contributed by atoms with Crippen molar-refractivity contribution in [2.45, 2.75) is 6.92 Å². The van der Waals surface area contributed by atoms with E-state index >= 15 is 0 Å². The fraction of sp³-hybridized carbons (Fsp3) is 0.231. The van der Waals surface area contributed by atoms with Crippen LogP contribution in [0.25, 0.3) is 0 Å². The molecule has 1 nitrogen and oxygen atoms in total. The highest BCUT2D eigenvalue weighted by molar-refractivity contribution is 5.43. The van der Waals surface area contributed by atoms with Gasteiger partial charge in [-0.05, 0) is 19.1 Å². The molecule has 0 fully saturated rings. The van der Waals surface area contributed by atoms with Crippen molar-refractivity contribution in [2.24, 2.45) is 0 Å². The zero-order valence-electron chi connectivity index (χ0n) is 9.53. The number of nitrogens with zero attached hydrogens (tertiary/aromatic N) is 1. The average molecular weight is 191 g/mol. The molecule has 0 atom stereocenters. The molecule has 0 radical (unpaired) electrons. The molecule has 0 saturated carbocycles. The van der Waals surface area contributed by atoms with E-state index in [4.69, 9.17) is 0 Å². The molecular weight excluding hydrogens is 170 g/mol. The molecule has 0 spiro atoms. The second-order valence-electron chi connectivity index (χ2n) is 2.64. The first-order chi connectivity index (χ1) is 6.72. The summed E-state index contributed by atoms with van der Waals surface area (Å²) >= 11 is 0. The van der Waals surface area contributed by atoms with Crippen LogP contribution >= 0.6 is 0 Å². The van der Waals surface area contributed by atoms with E-state index in [1.165, 1.54) is 5.69 Å². The largest absolute Gasteiger partial charge is 0.378 e. The molecule has 0 heterocycles. The van der Waals surface area contributed by atoms with E-state index in [0.29, 0.717) is 0 Å². The topological polar surface area (TPSA) is 3.24 Å². The molecule has 0 aliphatic rings. The molecule has 0 aliphatic heterocycles. The van der Waals surface area contributed by atoms with Crippen molar-refractivity contribution in [3.05, 3.63) is 56.1 Å². The van der Waals surface area contributed by atoms with E-state index in [2.05, 4.69) is 36.8 Å². The zero-order chi connectivity index (χ0) is 11.4. The second kappa shape index (κ2) is 11.5. The summed E-state index contributed by atoms with van der Waals surface area (Å²) in [6, 6.07) is 10.3. The number of anilines is 1. The number of rotatable bonds is 1. The molecule has 0 saturated heterocycles. The summed E-state index contributed by atoms with van der Waals surface area (Å²) in [4.78, 5) is 2.08. The highest BCUT2D eigenvalue weighted by Crippen LogP contribution is 2.07. The zero-order valence-corrected chi connectivity index (χ0v) is 9.53. The first-order valence-corrected chi connectivity index (χ1v) is 4.51. The van der Waals surface area contributed by atoms with Crippen molar-refractivity contribution < 1.29 is 0 Å². The summed E-state index contributed by atoms with van der Waals surface area (Å²) < 4.78 is 0. The van der Waals surface area contributed by atoms with Crippen LogP contribution in [0.3, 0.4) is 0 Å². The van der Waals surface area contributed by atoms with Crippen molar-refractivity contribution in [1.29, 1.82) is 0 Å². The van der Waals surface area contributed by atoms with Crippen LogP contribution in [0.4, 0.5) is 5.69 Å². The van der Waals surface area contributed by atoms with E-state index in [1.54, 1.807) is 6.08 Å². The van der Waals surface area contributed by atoms with Crippen LogP contribution < -0.4 is 4.90 Å². The Bertz CT molecular complexity index is 214. The Morgan fingerprint density at radius 3 is 1.64 bits per heavy atom. The maximum absolute atomic E-state index is 3.36. The number of hydrogen-bond acceptors (Lipinski definition) is 1. The SMILES string of the molecule is C=C.C=CC.CN(C)c1ccccc1. The molecule has 1 heteroatoms. The van der Waals surface area contributed by atoms with E-state index in [9.17, 15) is 0 Å². The summed E-state index contributed by atoms with van der Waals surface area (Å²) in [5.74, 6) is 0. The normalized spacial score (nSPS) is 7.07. The van der Waals surface area contributed by atoms with E-state index in [-0.39, 0.29) is 0 Å². The summed E-state index contributed by atoms with van der Waals surface area (Å²) in [6.45, 7) is 11.2. The van der Waals surface area contributed by atoms with E-state index in [1.807, 2.05) is 39.2 Å². The number of benzene rings is 1. The predicted molar refractivity (Wildman–Crippen MR) is 67.9 cm³/mol. The third-order valence-electron chi connectivity index (χ3n) is 1.27. The Kier molecular flexibility index (Phi) is 12.3. The number of hydrogen-bond donors (Lipinski definition) is 0. The van der Waals surface area contributed by atoms with Gasteiger partial charge in [-0.2, -0.15) is 0 Å². The number of para-hydroxylation sites is 1. The molecule has 14 heavy (non-hydrogen) atoms. The lowest BCUT2D eigenvalue weighted by atomic mass is 10.3. The van der Waals surface area contributed by atoms with Gasteiger partial charge in [0.2, 0.25) is 0 Å². The maximum atomic E-state index is 3.36. The molecule has 0 aromatic heterocycles. The highest BCUT2D eigenvalue weighted by Gasteiger charge is 1.87. The molecule has 78 valence electrons. The van der Waals surface area contributed by atoms with Gasteiger partial charge in [0.1, 0.15) is 0 Å². The van der Waals surface area contributed by atoms with Gasteiger partial charge in [-0.3, -0.25) is 0 Å². The van der Waals surface area contributed by atoms with Crippen LogP contribution in [-0.4, -0.2) is 14.1 Å². The first kappa shape index (κ1) is 15.0. The van der Waals surface area contributed by atoms with Gasteiger partial charge in [0.05, 0.1) is 0 Å². The van der Waals surface area contributed by atoms with Gasteiger partial charge in [0.25, 0.3) is 0 Å². The molecule has 0 N–H and O–H groups in total. The minimum absolute atomic E-state index is 1.25.